The number of pyridine rings is 1. The number of carboxylic acids is 1. The van der Waals surface area contributed by atoms with E-state index in [-0.39, 0.29) is 0 Å². The van der Waals surface area contributed by atoms with E-state index in [2.05, 4.69) is 43.1 Å². The Morgan fingerprint density at radius 3 is 2.16 bits per heavy atom. The Bertz CT molecular complexity index is 1050. The van der Waals surface area contributed by atoms with Gasteiger partial charge in [0.05, 0.1) is 5.69 Å². The fourth-order valence-electron chi connectivity index (χ4n) is 3.25. The van der Waals surface area contributed by atoms with Crippen LogP contribution in [0.1, 0.15) is 5.56 Å². The van der Waals surface area contributed by atoms with Gasteiger partial charge >= 0.3 is 12.1 Å². The number of hydrogen-bond acceptors (Lipinski definition) is 7. The highest BCUT2D eigenvalue weighted by Gasteiger charge is 2.38. The van der Waals surface area contributed by atoms with Crippen molar-refractivity contribution in [2.45, 2.75) is 13.1 Å². The molecule has 0 spiro atoms. The van der Waals surface area contributed by atoms with Gasteiger partial charge in [-0.05, 0) is 36.8 Å². The van der Waals surface area contributed by atoms with Crippen molar-refractivity contribution in [2.75, 3.05) is 36.0 Å². The summed E-state index contributed by atoms with van der Waals surface area (Å²) in [6, 6.07) is 8.09. The van der Waals surface area contributed by atoms with Crippen molar-refractivity contribution in [1.82, 2.24) is 25.0 Å². The molecule has 3 aromatic heterocycles. The Labute approximate surface area is 182 Å². The smallest absolute Gasteiger partial charge is 0.475 e. The fraction of sp³-hybridized carbons (Fsp3) is 0.350. The van der Waals surface area contributed by atoms with Gasteiger partial charge in [0, 0.05) is 57.5 Å². The maximum atomic E-state index is 10.6. The van der Waals surface area contributed by atoms with Crippen molar-refractivity contribution in [1.29, 1.82) is 0 Å². The second-order valence-corrected chi connectivity index (χ2v) is 7.06. The number of carbonyl (C=O) groups is 1. The summed E-state index contributed by atoms with van der Waals surface area (Å²) in [4.78, 5) is 17.8. The first-order valence-electron chi connectivity index (χ1n) is 9.69. The van der Waals surface area contributed by atoms with Crippen LogP contribution < -0.4 is 9.80 Å². The number of aliphatic carboxylic acids is 1. The first kappa shape index (κ1) is 23.0. The molecule has 1 saturated heterocycles. The Hall–Kier alpha value is -3.70. The molecule has 4 rings (SSSR count). The number of hydrogen-bond donors (Lipinski definition) is 1. The van der Waals surface area contributed by atoms with Crippen LogP contribution in [0, 0.1) is 6.92 Å². The van der Waals surface area contributed by atoms with Crippen LogP contribution in [-0.2, 0) is 11.8 Å². The molecule has 170 valence electrons. The summed E-state index contributed by atoms with van der Waals surface area (Å²) in [7, 11) is 1.91. The molecule has 1 aliphatic rings. The monoisotopic (exact) mass is 449 g/mol. The van der Waals surface area contributed by atoms with E-state index in [0.29, 0.717) is 0 Å². The number of aryl methyl sites for hydroxylation is 2. The summed E-state index contributed by atoms with van der Waals surface area (Å²) < 4.78 is 33.5. The van der Waals surface area contributed by atoms with Gasteiger partial charge < -0.3 is 14.9 Å². The maximum Gasteiger partial charge on any atom is 0.490 e. The van der Waals surface area contributed by atoms with E-state index in [1.807, 2.05) is 37.6 Å². The van der Waals surface area contributed by atoms with Crippen molar-refractivity contribution >= 4 is 17.5 Å². The van der Waals surface area contributed by atoms with Crippen molar-refractivity contribution in [3.05, 3.63) is 48.4 Å². The molecular formula is C20H22F3N7O2. The van der Waals surface area contributed by atoms with E-state index < -0.39 is 12.1 Å². The lowest BCUT2D eigenvalue weighted by molar-refractivity contribution is -0.192. The van der Waals surface area contributed by atoms with Gasteiger partial charge in [0.2, 0.25) is 0 Å². The van der Waals surface area contributed by atoms with Gasteiger partial charge in [-0.25, -0.2) is 4.79 Å². The predicted molar refractivity (Wildman–Crippen MR) is 111 cm³/mol. The third kappa shape index (κ3) is 5.50. The molecule has 1 fully saturated rings. The SMILES string of the molecule is Cc1cnccc1N1CCN(c2ccc(-c3ccnn3C)nn2)CC1.O=C(O)C(F)(F)F. The number of aromatic nitrogens is 5. The van der Waals surface area contributed by atoms with Gasteiger partial charge in [0.1, 0.15) is 5.69 Å². The molecule has 0 bridgehead atoms. The zero-order valence-corrected chi connectivity index (χ0v) is 17.5. The maximum absolute atomic E-state index is 10.6. The molecule has 0 amide bonds. The number of rotatable bonds is 3. The number of piperazine rings is 1. The zero-order valence-electron chi connectivity index (χ0n) is 17.5. The lowest BCUT2D eigenvalue weighted by Gasteiger charge is -2.37. The Balaban J connectivity index is 0.000000360. The van der Waals surface area contributed by atoms with Crippen molar-refractivity contribution in [3.8, 4) is 11.4 Å². The summed E-state index contributed by atoms with van der Waals surface area (Å²) in [5.74, 6) is -1.83. The molecule has 0 atom stereocenters. The molecule has 12 heteroatoms. The van der Waals surface area contributed by atoms with E-state index in [4.69, 9.17) is 9.90 Å². The first-order valence-corrected chi connectivity index (χ1v) is 9.69. The summed E-state index contributed by atoms with van der Waals surface area (Å²) in [6.07, 6.45) is 0.465. The molecule has 32 heavy (non-hydrogen) atoms. The molecule has 3 aromatic rings. The van der Waals surface area contributed by atoms with Gasteiger partial charge in [-0.2, -0.15) is 18.3 Å². The standard InChI is InChI=1S/C18H21N7.C2HF3O2/c1-14-13-19-7-5-16(14)24-9-11-25(12-10-24)18-4-3-15(21-22-18)17-6-8-20-23(17)2;3-2(4,5)1(6)7/h3-8,13H,9-12H2,1-2H3;(H,6,7). The van der Waals surface area contributed by atoms with Crippen LogP contribution in [0.2, 0.25) is 0 Å². The van der Waals surface area contributed by atoms with Gasteiger partial charge in [-0.15, -0.1) is 10.2 Å². The predicted octanol–water partition coefficient (Wildman–Crippen LogP) is 2.54. The molecule has 0 aromatic carbocycles. The quantitative estimate of drug-likeness (QED) is 0.651. The summed E-state index contributed by atoms with van der Waals surface area (Å²) in [5, 5.41) is 20.1. The molecule has 0 aliphatic carbocycles. The molecule has 9 nitrogen and oxygen atoms in total. The molecule has 0 unspecified atom stereocenters. The molecule has 0 saturated carbocycles. The Kier molecular flexibility index (Phi) is 6.91. The van der Waals surface area contributed by atoms with Gasteiger partial charge in [-0.3, -0.25) is 9.67 Å². The Morgan fingerprint density at radius 1 is 1.00 bits per heavy atom. The van der Waals surface area contributed by atoms with E-state index >= 15 is 0 Å². The first-order chi connectivity index (χ1) is 15.2. The molecule has 1 aliphatic heterocycles. The zero-order chi connectivity index (χ0) is 23.3. The van der Waals surface area contributed by atoms with Crippen LogP contribution in [0.5, 0.6) is 0 Å². The topological polar surface area (TPSA) is 100 Å². The average molecular weight is 449 g/mol. The number of nitrogens with zero attached hydrogens (tertiary/aromatic N) is 7. The second-order valence-electron chi connectivity index (χ2n) is 7.06. The highest BCUT2D eigenvalue weighted by Crippen LogP contribution is 2.22. The molecule has 4 heterocycles. The van der Waals surface area contributed by atoms with Crippen LogP contribution in [-0.4, -0.2) is 68.4 Å². The average Bonchev–Trinajstić information content (AvgIpc) is 3.20. The van der Waals surface area contributed by atoms with Gasteiger partial charge in [-0.1, -0.05) is 0 Å². The summed E-state index contributed by atoms with van der Waals surface area (Å²) in [5.41, 5.74) is 4.30. The minimum atomic E-state index is -5.08. The van der Waals surface area contributed by atoms with E-state index in [1.165, 1.54) is 11.3 Å². The molecule has 1 N–H and O–H groups in total. The van der Waals surface area contributed by atoms with Crippen LogP contribution >= 0.6 is 0 Å². The number of carboxylic acid groups (broad SMARTS) is 1. The van der Waals surface area contributed by atoms with Crippen LogP contribution in [0.3, 0.4) is 0 Å². The lowest BCUT2D eigenvalue weighted by atomic mass is 10.2. The van der Waals surface area contributed by atoms with Crippen LogP contribution in [0.4, 0.5) is 24.7 Å². The molecule has 0 radical (unpaired) electrons. The van der Waals surface area contributed by atoms with Gasteiger partial charge in [0.15, 0.2) is 5.82 Å². The number of halogens is 3. The van der Waals surface area contributed by atoms with Crippen molar-refractivity contribution in [3.63, 3.8) is 0 Å². The highest BCUT2D eigenvalue weighted by molar-refractivity contribution is 5.73. The third-order valence-electron chi connectivity index (χ3n) is 4.91. The van der Waals surface area contributed by atoms with Gasteiger partial charge in [0.25, 0.3) is 0 Å². The third-order valence-corrected chi connectivity index (χ3v) is 4.91. The normalized spacial score (nSPS) is 14.0. The fourth-order valence-corrected chi connectivity index (χ4v) is 3.25. The number of anilines is 2. The van der Waals surface area contributed by atoms with E-state index in [1.54, 1.807) is 10.9 Å². The molecular weight excluding hydrogens is 427 g/mol. The summed E-state index contributed by atoms with van der Waals surface area (Å²) in [6.45, 7) is 5.91. The van der Waals surface area contributed by atoms with Crippen molar-refractivity contribution in [2.24, 2.45) is 7.05 Å². The van der Waals surface area contributed by atoms with Crippen LogP contribution in [0.15, 0.2) is 42.9 Å². The highest BCUT2D eigenvalue weighted by atomic mass is 19.4. The summed E-state index contributed by atoms with van der Waals surface area (Å²) >= 11 is 0. The second kappa shape index (κ2) is 9.62. The minimum absolute atomic E-state index is 0.842. The number of alkyl halides is 3. The minimum Gasteiger partial charge on any atom is -0.475 e. The Morgan fingerprint density at radius 2 is 1.66 bits per heavy atom. The van der Waals surface area contributed by atoms with E-state index in [9.17, 15) is 13.2 Å². The van der Waals surface area contributed by atoms with Crippen LogP contribution in [0.25, 0.3) is 11.4 Å². The van der Waals surface area contributed by atoms with E-state index in [0.717, 1.165) is 43.4 Å². The largest absolute Gasteiger partial charge is 0.490 e. The van der Waals surface area contributed by atoms with Crippen molar-refractivity contribution < 1.29 is 23.1 Å². The lowest BCUT2D eigenvalue weighted by Crippen LogP contribution is -2.47.